The number of aliphatic carboxylic acids is 1. The minimum Gasteiger partial charge on any atom is -0.480 e. The first-order valence-corrected chi connectivity index (χ1v) is 4.84. The van der Waals surface area contributed by atoms with Crippen molar-refractivity contribution in [1.82, 2.24) is 10.2 Å². The summed E-state index contributed by atoms with van der Waals surface area (Å²) < 4.78 is 4.38. The Hall–Kier alpha value is -2.05. The predicted octanol–water partition coefficient (Wildman–Crippen LogP) is -0.170. The Morgan fingerprint density at radius 2 is 2.12 bits per heavy atom. The van der Waals surface area contributed by atoms with E-state index in [4.69, 9.17) is 5.11 Å². The molecule has 17 heavy (non-hydrogen) atoms. The molecule has 7 heteroatoms. The quantitative estimate of drug-likeness (QED) is 0.499. The molecule has 0 bridgehead atoms. The lowest BCUT2D eigenvalue weighted by atomic mass is 10.2. The first-order chi connectivity index (χ1) is 7.92. The second-order valence-electron chi connectivity index (χ2n) is 3.30. The molecule has 0 saturated heterocycles. The molecule has 0 spiro atoms. The summed E-state index contributed by atoms with van der Waals surface area (Å²) >= 11 is 0. The number of methoxy groups -OCH3 is 1. The molecule has 96 valence electrons. The smallest absolute Gasteiger partial charge is 0.326 e. The van der Waals surface area contributed by atoms with Crippen LogP contribution in [0.2, 0.25) is 0 Å². The van der Waals surface area contributed by atoms with E-state index in [1.165, 1.54) is 20.2 Å². The van der Waals surface area contributed by atoms with Crippen molar-refractivity contribution in [2.24, 2.45) is 0 Å². The van der Waals surface area contributed by atoms with E-state index in [9.17, 15) is 14.4 Å². The van der Waals surface area contributed by atoms with Gasteiger partial charge in [0.1, 0.15) is 12.6 Å². The van der Waals surface area contributed by atoms with Crippen LogP contribution in [0.3, 0.4) is 0 Å². The second kappa shape index (κ2) is 7.26. The minimum absolute atomic E-state index is 0.104. The van der Waals surface area contributed by atoms with E-state index in [0.29, 0.717) is 0 Å². The van der Waals surface area contributed by atoms with Crippen molar-refractivity contribution in [3.63, 3.8) is 0 Å². The summed E-state index contributed by atoms with van der Waals surface area (Å²) in [7, 11) is 2.56. The lowest BCUT2D eigenvalue weighted by Crippen LogP contribution is -2.47. The number of rotatable bonds is 6. The maximum absolute atomic E-state index is 11.5. The number of carbonyl (C=O) groups excluding carboxylic acids is 2. The van der Waals surface area contributed by atoms with Crippen molar-refractivity contribution >= 4 is 18.0 Å². The Morgan fingerprint density at radius 1 is 1.53 bits per heavy atom. The van der Waals surface area contributed by atoms with Crippen LogP contribution in [0.4, 0.5) is 4.79 Å². The average Bonchev–Trinajstić information content (AvgIpc) is 2.27. The Kier molecular flexibility index (Phi) is 6.39. The monoisotopic (exact) mass is 244 g/mol. The number of nitrogens with one attached hydrogen (secondary N) is 1. The lowest BCUT2D eigenvalue weighted by molar-refractivity contribution is -0.141. The van der Waals surface area contributed by atoms with E-state index >= 15 is 0 Å². The van der Waals surface area contributed by atoms with Gasteiger partial charge in [-0.1, -0.05) is 6.08 Å². The highest BCUT2D eigenvalue weighted by Crippen LogP contribution is 1.95. The molecular weight excluding hydrogens is 228 g/mol. The van der Waals surface area contributed by atoms with Gasteiger partial charge in [0, 0.05) is 7.05 Å². The molecule has 0 aliphatic carbocycles. The molecule has 7 nitrogen and oxygen atoms in total. The van der Waals surface area contributed by atoms with Gasteiger partial charge in [-0.3, -0.25) is 4.79 Å². The van der Waals surface area contributed by atoms with Crippen LogP contribution < -0.4 is 5.32 Å². The van der Waals surface area contributed by atoms with Gasteiger partial charge in [-0.15, -0.1) is 6.58 Å². The van der Waals surface area contributed by atoms with Crippen LogP contribution >= 0.6 is 0 Å². The van der Waals surface area contributed by atoms with Crippen molar-refractivity contribution in [2.75, 3.05) is 20.7 Å². The van der Waals surface area contributed by atoms with Crippen LogP contribution in [0, 0.1) is 0 Å². The fourth-order valence-electron chi connectivity index (χ4n) is 0.977. The van der Waals surface area contributed by atoms with Crippen LogP contribution in [-0.2, 0) is 14.3 Å². The molecule has 0 rings (SSSR count). The zero-order chi connectivity index (χ0) is 13.4. The molecule has 0 fully saturated rings. The Balaban J connectivity index is 4.34. The third kappa shape index (κ3) is 5.55. The van der Waals surface area contributed by atoms with Crippen LogP contribution in [-0.4, -0.2) is 54.7 Å². The topological polar surface area (TPSA) is 95.9 Å². The molecule has 0 heterocycles. The number of amides is 2. The molecule has 0 aromatic rings. The average molecular weight is 244 g/mol. The number of nitrogens with zero attached hydrogens (tertiary/aromatic N) is 1. The number of carboxylic acids is 1. The van der Waals surface area contributed by atoms with Crippen LogP contribution in [0.5, 0.6) is 0 Å². The molecule has 2 amide bonds. The summed E-state index contributed by atoms with van der Waals surface area (Å²) in [6, 6.07) is -1.72. The van der Waals surface area contributed by atoms with Crippen molar-refractivity contribution in [3.8, 4) is 0 Å². The van der Waals surface area contributed by atoms with Crippen molar-refractivity contribution in [1.29, 1.82) is 0 Å². The molecule has 0 radical (unpaired) electrons. The highest BCUT2D eigenvalue weighted by Gasteiger charge is 2.21. The summed E-state index contributed by atoms with van der Waals surface area (Å²) in [4.78, 5) is 34.2. The normalized spacial score (nSPS) is 11.2. The Bertz CT molecular complexity index is 316. The van der Waals surface area contributed by atoms with Gasteiger partial charge < -0.3 is 20.1 Å². The molecule has 0 saturated carbocycles. The largest absolute Gasteiger partial charge is 0.480 e. The van der Waals surface area contributed by atoms with E-state index in [-0.39, 0.29) is 13.0 Å². The van der Waals surface area contributed by atoms with E-state index in [2.05, 4.69) is 16.6 Å². The van der Waals surface area contributed by atoms with Gasteiger partial charge in [0.15, 0.2) is 0 Å². The van der Waals surface area contributed by atoms with E-state index < -0.39 is 24.0 Å². The van der Waals surface area contributed by atoms with Crippen molar-refractivity contribution < 1.29 is 24.2 Å². The number of likely N-dealkylation sites (N-methyl/N-ethyl adjacent to an activating group) is 1. The van der Waals surface area contributed by atoms with Crippen LogP contribution in [0.25, 0.3) is 0 Å². The minimum atomic E-state index is -1.16. The van der Waals surface area contributed by atoms with Gasteiger partial charge in [0.05, 0.1) is 7.11 Å². The van der Waals surface area contributed by atoms with Crippen LogP contribution in [0.15, 0.2) is 12.7 Å². The van der Waals surface area contributed by atoms with Gasteiger partial charge in [0.2, 0.25) is 0 Å². The molecule has 0 aliphatic heterocycles. The first-order valence-electron chi connectivity index (χ1n) is 4.84. The molecule has 0 aliphatic rings. The van der Waals surface area contributed by atoms with Gasteiger partial charge in [-0.2, -0.15) is 0 Å². The summed E-state index contributed by atoms with van der Waals surface area (Å²) in [5.74, 6) is -1.75. The Labute approximate surface area is 99.0 Å². The zero-order valence-corrected chi connectivity index (χ0v) is 9.80. The lowest BCUT2D eigenvalue weighted by Gasteiger charge is -2.19. The third-order valence-electron chi connectivity index (χ3n) is 1.94. The van der Waals surface area contributed by atoms with Gasteiger partial charge in [0.25, 0.3) is 0 Å². The Morgan fingerprint density at radius 3 is 2.53 bits per heavy atom. The SMILES string of the molecule is C=CCC(NC(=O)N(C)CC(=O)OC)C(=O)O. The van der Waals surface area contributed by atoms with E-state index in [1.807, 2.05) is 0 Å². The number of hydrogen-bond acceptors (Lipinski definition) is 4. The highest BCUT2D eigenvalue weighted by molar-refractivity contribution is 5.85. The number of urea groups is 1. The summed E-state index contributed by atoms with van der Waals surface area (Å²) in [6.07, 6.45) is 1.49. The fourth-order valence-corrected chi connectivity index (χ4v) is 0.977. The van der Waals surface area contributed by atoms with Gasteiger partial charge >= 0.3 is 18.0 Å². The van der Waals surface area contributed by atoms with Gasteiger partial charge in [-0.05, 0) is 6.42 Å². The summed E-state index contributed by atoms with van der Waals surface area (Å²) in [5, 5.41) is 11.0. The van der Waals surface area contributed by atoms with Crippen LogP contribution in [0.1, 0.15) is 6.42 Å². The molecule has 0 aromatic carbocycles. The molecule has 0 aromatic heterocycles. The third-order valence-corrected chi connectivity index (χ3v) is 1.94. The molecular formula is C10H16N2O5. The highest BCUT2D eigenvalue weighted by atomic mass is 16.5. The van der Waals surface area contributed by atoms with Gasteiger partial charge in [-0.25, -0.2) is 9.59 Å². The summed E-state index contributed by atoms with van der Waals surface area (Å²) in [6.45, 7) is 3.15. The number of carbonyl (C=O) groups is 3. The zero-order valence-electron chi connectivity index (χ0n) is 9.80. The number of ether oxygens (including phenoxy) is 1. The molecule has 2 N–H and O–H groups in total. The number of carboxylic acid groups (broad SMARTS) is 1. The summed E-state index contributed by atoms with van der Waals surface area (Å²) in [5.41, 5.74) is 0. The first kappa shape index (κ1) is 14.9. The van der Waals surface area contributed by atoms with Crippen molar-refractivity contribution in [2.45, 2.75) is 12.5 Å². The maximum atomic E-state index is 11.5. The molecule has 1 atom stereocenters. The second-order valence-corrected chi connectivity index (χ2v) is 3.30. The number of esters is 1. The fraction of sp³-hybridized carbons (Fsp3) is 0.500. The van der Waals surface area contributed by atoms with E-state index in [0.717, 1.165) is 4.90 Å². The number of hydrogen-bond donors (Lipinski definition) is 2. The van der Waals surface area contributed by atoms with E-state index in [1.54, 1.807) is 0 Å². The maximum Gasteiger partial charge on any atom is 0.326 e. The standard InChI is InChI=1S/C10H16N2O5/c1-4-5-7(9(14)15)11-10(16)12(2)6-8(13)17-3/h4,7H,1,5-6H2,2-3H3,(H,11,16)(H,14,15). The molecule has 1 unspecified atom stereocenters. The predicted molar refractivity (Wildman–Crippen MR) is 59.4 cm³/mol. The van der Waals surface area contributed by atoms with Crippen molar-refractivity contribution in [3.05, 3.63) is 12.7 Å².